The smallest absolute Gasteiger partial charge is 0.291 e. The van der Waals surface area contributed by atoms with E-state index in [4.69, 9.17) is 16.0 Å². The minimum absolute atomic E-state index is 0.200. The van der Waals surface area contributed by atoms with E-state index >= 15 is 0 Å². The summed E-state index contributed by atoms with van der Waals surface area (Å²) in [6.07, 6.45) is 0. The summed E-state index contributed by atoms with van der Waals surface area (Å²) in [7, 11) is 0. The second-order valence-corrected chi connectivity index (χ2v) is 3.80. The van der Waals surface area contributed by atoms with Crippen molar-refractivity contribution in [3.8, 4) is 0 Å². The third-order valence-electron chi connectivity index (χ3n) is 2.11. The number of carbonyl (C=O) groups is 1. The lowest BCUT2D eigenvalue weighted by Crippen LogP contribution is -2.10. The minimum Gasteiger partial charge on any atom is -0.440 e. The van der Waals surface area contributed by atoms with Crippen molar-refractivity contribution in [2.75, 3.05) is 5.32 Å². The van der Waals surface area contributed by atoms with Gasteiger partial charge in [-0.15, -0.1) is 0 Å². The van der Waals surface area contributed by atoms with Crippen LogP contribution in [0, 0.1) is 6.92 Å². The average molecular weight is 236 g/mol. The SMILES string of the molecule is Cc1ccc(NC(=O)c2ccc(Cl)o2)cc1. The first-order chi connectivity index (χ1) is 7.65. The Morgan fingerprint density at radius 3 is 2.44 bits per heavy atom. The zero-order valence-corrected chi connectivity index (χ0v) is 9.41. The number of anilines is 1. The van der Waals surface area contributed by atoms with E-state index in [0.717, 1.165) is 11.3 Å². The fourth-order valence-corrected chi connectivity index (χ4v) is 1.41. The van der Waals surface area contributed by atoms with Crippen molar-refractivity contribution < 1.29 is 9.21 Å². The third kappa shape index (κ3) is 2.44. The molecule has 0 aliphatic carbocycles. The van der Waals surface area contributed by atoms with Gasteiger partial charge in [-0.05, 0) is 42.8 Å². The maximum absolute atomic E-state index is 11.6. The highest BCUT2D eigenvalue weighted by Crippen LogP contribution is 2.15. The highest BCUT2D eigenvalue weighted by Gasteiger charge is 2.10. The standard InChI is InChI=1S/C12H10ClNO2/c1-8-2-4-9(5-3-8)14-12(15)10-6-7-11(13)16-10/h2-7H,1H3,(H,14,15). The fraction of sp³-hybridized carbons (Fsp3) is 0.0833. The number of nitrogens with one attached hydrogen (secondary N) is 1. The number of furan rings is 1. The molecule has 1 aromatic heterocycles. The Morgan fingerprint density at radius 1 is 1.19 bits per heavy atom. The van der Waals surface area contributed by atoms with Crippen LogP contribution in [0.4, 0.5) is 5.69 Å². The van der Waals surface area contributed by atoms with Gasteiger partial charge in [-0.2, -0.15) is 0 Å². The van der Waals surface area contributed by atoms with Crippen molar-refractivity contribution in [2.45, 2.75) is 6.92 Å². The first kappa shape index (κ1) is 10.8. The molecular weight excluding hydrogens is 226 g/mol. The Hall–Kier alpha value is -1.74. The van der Waals surface area contributed by atoms with Gasteiger partial charge in [0.25, 0.3) is 5.91 Å². The predicted octanol–water partition coefficient (Wildman–Crippen LogP) is 3.49. The summed E-state index contributed by atoms with van der Waals surface area (Å²) >= 11 is 5.58. The molecule has 0 bridgehead atoms. The Morgan fingerprint density at radius 2 is 1.88 bits per heavy atom. The van der Waals surface area contributed by atoms with Crippen LogP contribution in [0.25, 0.3) is 0 Å². The van der Waals surface area contributed by atoms with Crippen LogP contribution in [-0.2, 0) is 0 Å². The molecule has 1 N–H and O–H groups in total. The quantitative estimate of drug-likeness (QED) is 0.866. The predicted molar refractivity (Wildman–Crippen MR) is 62.9 cm³/mol. The number of halogens is 1. The van der Waals surface area contributed by atoms with Crippen molar-refractivity contribution in [3.63, 3.8) is 0 Å². The lowest BCUT2D eigenvalue weighted by Gasteiger charge is -2.02. The van der Waals surface area contributed by atoms with E-state index < -0.39 is 0 Å². The molecule has 1 heterocycles. The molecule has 1 aromatic carbocycles. The molecule has 0 radical (unpaired) electrons. The number of benzene rings is 1. The van der Waals surface area contributed by atoms with E-state index in [2.05, 4.69) is 5.32 Å². The second kappa shape index (κ2) is 4.41. The molecule has 0 aliphatic heterocycles. The summed E-state index contributed by atoms with van der Waals surface area (Å²) in [6, 6.07) is 10.6. The van der Waals surface area contributed by atoms with Crippen LogP contribution in [0.5, 0.6) is 0 Å². The van der Waals surface area contributed by atoms with Crippen molar-refractivity contribution in [1.29, 1.82) is 0 Å². The molecule has 1 amide bonds. The molecule has 0 spiro atoms. The largest absolute Gasteiger partial charge is 0.440 e. The van der Waals surface area contributed by atoms with Crippen LogP contribution in [0.2, 0.25) is 5.22 Å². The molecule has 0 unspecified atom stereocenters. The molecule has 2 aromatic rings. The van der Waals surface area contributed by atoms with Crippen LogP contribution < -0.4 is 5.32 Å². The van der Waals surface area contributed by atoms with E-state index in [1.807, 2.05) is 31.2 Å². The van der Waals surface area contributed by atoms with E-state index in [-0.39, 0.29) is 16.9 Å². The first-order valence-corrected chi connectivity index (χ1v) is 5.16. The topological polar surface area (TPSA) is 42.2 Å². The fourth-order valence-electron chi connectivity index (χ4n) is 1.27. The molecule has 82 valence electrons. The molecule has 0 saturated carbocycles. The molecule has 0 saturated heterocycles. The summed E-state index contributed by atoms with van der Waals surface area (Å²) < 4.78 is 4.99. The summed E-state index contributed by atoms with van der Waals surface area (Å²) in [5.74, 6) is -0.110. The van der Waals surface area contributed by atoms with Gasteiger partial charge >= 0.3 is 0 Å². The molecule has 4 heteroatoms. The van der Waals surface area contributed by atoms with Gasteiger partial charge in [-0.3, -0.25) is 4.79 Å². The monoisotopic (exact) mass is 235 g/mol. The van der Waals surface area contributed by atoms with Crippen molar-refractivity contribution in [1.82, 2.24) is 0 Å². The third-order valence-corrected chi connectivity index (χ3v) is 2.31. The molecule has 0 atom stereocenters. The highest BCUT2D eigenvalue weighted by atomic mass is 35.5. The van der Waals surface area contributed by atoms with E-state index in [9.17, 15) is 4.79 Å². The van der Waals surface area contributed by atoms with Crippen LogP contribution in [0.1, 0.15) is 16.1 Å². The number of hydrogen-bond acceptors (Lipinski definition) is 2. The number of hydrogen-bond donors (Lipinski definition) is 1. The Bertz CT molecular complexity index is 502. The zero-order valence-electron chi connectivity index (χ0n) is 8.66. The normalized spacial score (nSPS) is 10.1. The number of rotatable bonds is 2. The van der Waals surface area contributed by atoms with Crippen LogP contribution in [0.3, 0.4) is 0 Å². The highest BCUT2D eigenvalue weighted by molar-refractivity contribution is 6.29. The van der Waals surface area contributed by atoms with Gasteiger partial charge in [0.1, 0.15) is 0 Å². The van der Waals surface area contributed by atoms with Gasteiger partial charge in [0.05, 0.1) is 0 Å². The molecular formula is C12H10ClNO2. The Kier molecular flexibility index (Phi) is 2.97. The van der Waals surface area contributed by atoms with Gasteiger partial charge in [0, 0.05) is 5.69 Å². The van der Waals surface area contributed by atoms with E-state index in [1.54, 1.807) is 0 Å². The zero-order chi connectivity index (χ0) is 11.5. The van der Waals surface area contributed by atoms with Gasteiger partial charge in [-0.25, -0.2) is 0 Å². The lowest BCUT2D eigenvalue weighted by molar-refractivity contribution is 0.0997. The molecule has 3 nitrogen and oxygen atoms in total. The maximum atomic E-state index is 11.6. The van der Waals surface area contributed by atoms with Gasteiger partial charge in [0.2, 0.25) is 0 Å². The van der Waals surface area contributed by atoms with E-state index in [1.165, 1.54) is 12.1 Å². The number of amides is 1. The first-order valence-electron chi connectivity index (χ1n) is 4.78. The van der Waals surface area contributed by atoms with Gasteiger partial charge in [0.15, 0.2) is 11.0 Å². The van der Waals surface area contributed by atoms with Crippen molar-refractivity contribution in [3.05, 3.63) is 52.9 Å². The molecule has 16 heavy (non-hydrogen) atoms. The van der Waals surface area contributed by atoms with Crippen LogP contribution >= 0.6 is 11.6 Å². The Balaban J connectivity index is 2.10. The minimum atomic E-state index is -0.309. The summed E-state index contributed by atoms with van der Waals surface area (Å²) in [5, 5.41) is 2.91. The van der Waals surface area contributed by atoms with Gasteiger partial charge < -0.3 is 9.73 Å². The number of carbonyl (C=O) groups excluding carboxylic acids is 1. The van der Waals surface area contributed by atoms with Crippen molar-refractivity contribution in [2.24, 2.45) is 0 Å². The maximum Gasteiger partial charge on any atom is 0.291 e. The summed E-state index contributed by atoms with van der Waals surface area (Å²) in [4.78, 5) is 11.6. The molecule has 0 fully saturated rings. The summed E-state index contributed by atoms with van der Waals surface area (Å²) in [6.45, 7) is 1.98. The van der Waals surface area contributed by atoms with Crippen molar-refractivity contribution >= 4 is 23.2 Å². The van der Waals surface area contributed by atoms with E-state index in [0.29, 0.717) is 0 Å². The molecule has 0 aliphatic rings. The Labute approximate surface area is 98.0 Å². The lowest BCUT2D eigenvalue weighted by atomic mass is 10.2. The molecule has 2 rings (SSSR count). The number of aryl methyl sites for hydroxylation is 1. The average Bonchev–Trinajstić information content (AvgIpc) is 2.68. The van der Waals surface area contributed by atoms with Gasteiger partial charge in [-0.1, -0.05) is 17.7 Å². The van der Waals surface area contributed by atoms with Crippen LogP contribution in [0.15, 0.2) is 40.8 Å². The second-order valence-electron chi connectivity index (χ2n) is 3.42. The van der Waals surface area contributed by atoms with Crippen LogP contribution in [-0.4, -0.2) is 5.91 Å². The summed E-state index contributed by atoms with van der Waals surface area (Å²) in [5.41, 5.74) is 1.86.